The fourth-order valence-electron chi connectivity index (χ4n) is 4.48. The number of rotatable bonds is 5. The van der Waals surface area contributed by atoms with Crippen LogP contribution in [0.15, 0.2) is 69.9 Å². The first kappa shape index (κ1) is 22.4. The Morgan fingerprint density at radius 1 is 1.06 bits per heavy atom. The quantitative estimate of drug-likeness (QED) is 0.337. The Balaban J connectivity index is 1.65. The number of carboxylic acid groups (broad SMARTS) is 1. The highest BCUT2D eigenvalue weighted by Crippen LogP contribution is 2.32. The first-order chi connectivity index (χ1) is 16.7. The van der Waals surface area contributed by atoms with Gasteiger partial charge in [0.25, 0.3) is 0 Å². The zero-order valence-corrected chi connectivity index (χ0v) is 19.9. The molecule has 0 radical (unpaired) electrons. The SMILES string of the molecule is Cc1cc(C(C)Nc2ccccc2C(=O)O)c2oc(-c3ccc4nn(C)c(C)c4c3)cc(=O)c2c1. The second-order valence-corrected chi connectivity index (χ2v) is 8.86. The van der Waals surface area contributed by atoms with Crippen molar-refractivity contribution in [3.63, 3.8) is 0 Å². The van der Waals surface area contributed by atoms with E-state index in [1.807, 2.05) is 62.8 Å². The Labute approximate surface area is 201 Å². The molecule has 0 aliphatic rings. The molecule has 0 aliphatic heterocycles. The molecular weight excluding hydrogens is 442 g/mol. The highest BCUT2D eigenvalue weighted by Gasteiger charge is 2.19. The predicted molar refractivity (Wildman–Crippen MR) is 137 cm³/mol. The number of anilines is 1. The number of carbonyl (C=O) groups is 1. The van der Waals surface area contributed by atoms with E-state index in [4.69, 9.17) is 4.42 Å². The number of nitrogens with zero attached hydrogens (tertiary/aromatic N) is 2. The average molecular weight is 468 g/mol. The van der Waals surface area contributed by atoms with Crippen molar-refractivity contribution < 1.29 is 14.3 Å². The molecule has 0 spiro atoms. The Bertz CT molecular complexity index is 1680. The van der Waals surface area contributed by atoms with Crippen LogP contribution < -0.4 is 10.7 Å². The van der Waals surface area contributed by atoms with Crippen molar-refractivity contribution in [3.05, 3.63) is 93.3 Å². The zero-order valence-electron chi connectivity index (χ0n) is 19.9. The summed E-state index contributed by atoms with van der Waals surface area (Å²) in [6, 6.07) is 17.5. The maximum Gasteiger partial charge on any atom is 0.337 e. The highest BCUT2D eigenvalue weighted by molar-refractivity contribution is 5.94. The fourth-order valence-corrected chi connectivity index (χ4v) is 4.48. The summed E-state index contributed by atoms with van der Waals surface area (Å²) in [5, 5.41) is 18.8. The van der Waals surface area contributed by atoms with Gasteiger partial charge < -0.3 is 14.8 Å². The second kappa shape index (κ2) is 8.43. The van der Waals surface area contributed by atoms with Gasteiger partial charge in [-0.1, -0.05) is 18.2 Å². The number of aromatic carboxylic acids is 1. The van der Waals surface area contributed by atoms with Crippen LogP contribution in [0.5, 0.6) is 0 Å². The third-order valence-electron chi connectivity index (χ3n) is 6.41. The Morgan fingerprint density at radius 2 is 1.83 bits per heavy atom. The van der Waals surface area contributed by atoms with Crippen LogP contribution in [0, 0.1) is 13.8 Å². The van der Waals surface area contributed by atoms with Crippen molar-refractivity contribution in [2.24, 2.45) is 7.05 Å². The third kappa shape index (κ3) is 3.95. The molecule has 2 N–H and O–H groups in total. The molecule has 1 unspecified atom stereocenters. The fraction of sp³-hybridized carbons (Fsp3) is 0.179. The minimum absolute atomic E-state index is 0.132. The number of nitrogens with one attached hydrogen (secondary N) is 1. The van der Waals surface area contributed by atoms with Gasteiger partial charge in [-0.05, 0) is 62.7 Å². The van der Waals surface area contributed by atoms with E-state index in [0.717, 1.165) is 33.3 Å². The van der Waals surface area contributed by atoms with E-state index in [0.29, 0.717) is 22.4 Å². The molecular formula is C28H25N3O4. The number of fused-ring (bicyclic) bond motifs is 2. The van der Waals surface area contributed by atoms with Gasteiger partial charge in [0, 0.05) is 41.0 Å². The van der Waals surface area contributed by atoms with E-state index in [1.54, 1.807) is 24.3 Å². The van der Waals surface area contributed by atoms with Crippen LogP contribution in [-0.4, -0.2) is 20.9 Å². The van der Waals surface area contributed by atoms with Gasteiger partial charge in [-0.3, -0.25) is 9.48 Å². The third-order valence-corrected chi connectivity index (χ3v) is 6.41. The second-order valence-electron chi connectivity index (χ2n) is 8.86. The maximum absolute atomic E-state index is 13.2. The molecule has 5 rings (SSSR count). The van der Waals surface area contributed by atoms with Gasteiger partial charge in [0.15, 0.2) is 5.43 Å². The predicted octanol–water partition coefficient (Wildman–Crippen LogP) is 5.83. The molecule has 0 bridgehead atoms. The van der Waals surface area contributed by atoms with Crippen molar-refractivity contribution in [2.45, 2.75) is 26.8 Å². The first-order valence-corrected chi connectivity index (χ1v) is 11.3. The largest absolute Gasteiger partial charge is 0.478 e. The van der Waals surface area contributed by atoms with E-state index in [1.165, 1.54) is 6.07 Å². The molecule has 2 heterocycles. The number of aromatic nitrogens is 2. The average Bonchev–Trinajstić information content (AvgIpc) is 3.12. The van der Waals surface area contributed by atoms with Crippen molar-refractivity contribution >= 4 is 33.5 Å². The summed E-state index contributed by atoms with van der Waals surface area (Å²) in [7, 11) is 1.90. The van der Waals surface area contributed by atoms with Crippen LogP contribution in [0.3, 0.4) is 0 Å². The molecule has 35 heavy (non-hydrogen) atoms. The summed E-state index contributed by atoms with van der Waals surface area (Å²) >= 11 is 0. The summed E-state index contributed by atoms with van der Waals surface area (Å²) < 4.78 is 8.19. The van der Waals surface area contributed by atoms with Gasteiger partial charge in [-0.25, -0.2) is 4.79 Å². The lowest BCUT2D eigenvalue weighted by atomic mass is 10.00. The number of carboxylic acids is 1. The summed E-state index contributed by atoms with van der Waals surface area (Å²) in [4.78, 5) is 24.8. The molecule has 0 fully saturated rings. The molecule has 3 aromatic carbocycles. The molecule has 0 amide bonds. The van der Waals surface area contributed by atoms with Gasteiger partial charge in [0.1, 0.15) is 11.3 Å². The van der Waals surface area contributed by atoms with Crippen LogP contribution in [0.25, 0.3) is 33.2 Å². The van der Waals surface area contributed by atoms with E-state index >= 15 is 0 Å². The number of benzene rings is 3. The molecule has 1 atom stereocenters. The minimum atomic E-state index is -1.01. The lowest BCUT2D eigenvalue weighted by molar-refractivity contribution is 0.0698. The lowest BCUT2D eigenvalue weighted by Gasteiger charge is -2.19. The van der Waals surface area contributed by atoms with Crippen molar-refractivity contribution in [3.8, 4) is 11.3 Å². The van der Waals surface area contributed by atoms with Gasteiger partial charge in [-0.2, -0.15) is 5.10 Å². The molecule has 7 heteroatoms. The highest BCUT2D eigenvalue weighted by atomic mass is 16.4. The summed E-state index contributed by atoms with van der Waals surface area (Å²) in [6.07, 6.45) is 0. The molecule has 176 valence electrons. The van der Waals surface area contributed by atoms with Gasteiger partial charge >= 0.3 is 5.97 Å². The molecule has 5 aromatic rings. The van der Waals surface area contributed by atoms with Crippen LogP contribution in [0.1, 0.15) is 40.1 Å². The van der Waals surface area contributed by atoms with Crippen LogP contribution in [-0.2, 0) is 7.05 Å². The molecule has 0 saturated carbocycles. The van der Waals surface area contributed by atoms with Crippen LogP contribution in [0.2, 0.25) is 0 Å². The summed E-state index contributed by atoms with van der Waals surface area (Å²) in [5.41, 5.74) is 5.41. The first-order valence-electron chi connectivity index (χ1n) is 11.3. The topological polar surface area (TPSA) is 97.4 Å². The normalized spacial score (nSPS) is 12.2. The van der Waals surface area contributed by atoms with Crippen molar-refractivity contribution in [1.29, 1.82) is 0 Å². The Kier molecular flexibility index (Phi) is 5.40. The standard InChI is InChI=1S/C28H25N3O4/c1-15-11-20(16(2)29-23-8-6-5-7-19(23)28(33)34)27-22(12-15)25(32)14-26(35-27)18-9-10-24-21(13-18)17(3)31(4)30-24/h5-14,16,29H,1-4H3,(H,33,34). The smallest absolute Gasteiger partial charge is 0.337 e. The van der Waals surface area contributed by atoms with E-state index < -0.39 is 5.97 Å². The van der Waals surface area contributed by atoms with E-state index in [-0.39, 0.29) is 17.0 Å². The number of hydrogen-bond acceptors (Lipinski definition) is 5. The van der Waals surface area contributed by atoms with E-state index in [2.05, 4.69) is 10.4 Å². The Hall–Kier alpha value is -4.39. The van der Waals surface area contributed by atoms with Crippen molar-refractivity contribution in [2.75, 3.05) is 5.32 Å². The van der Waals surface area contributed by atoms with Gasteiger partial charge in [0.05, 0.1) is 22.5 Å². The Morgan fingerprint density at radius 3 is 2.60 bits per heavy atom. The molecule has 2 aromatic heterocycles. The minimum Gasteiger partial charge on any atom is -0.478 e. The molecule has 0 aliphatic carbocycles. The maximum atomic E-state index is 13.2. The van der Waals surface area contributed by atoms with Gasteiger partial charge in [0.2, 0.25) is 0 Å². The molecule has 7 nitrogen and oxygen atoms in total. The van der Waals surface area contributed by atoms with E-state index in [9.17, 15) is 14.7 Å². The number of para-hydroxylation sites is 1. The van der Waals surface area contributed by atoms with Gasteiger partial charge in [-0.15, -0.1) is 0 Å². The number of hydrogen-bond donors (Lipinski definition) is 2. The summed E-state index contributed by atoms with van der Waals surface area (Å²) in [6.45, 7) is 5.84. The molecule has 0 saturated heterocycles. The monoisotopic (exact) mass is 467 g/mol. The lowest BCUT2D eigenvalue weighted by Crippen LogP contribution is -2.12. The van der Waals surface area contributed by atoms with Crippen molar-refractivity contribution in [1.82, 2.24) is 9.78 Å². The summed E-state index contributed by atoms with van der Waals surface area (Å²) in [5.74, 6) is -0.541. The van der Waals surface area contributed by atoms with Crippen LogP contribution >= 0.6 is 0 Å². The zero-order chi connectivity index (χ0) is 24.9. The van der Waals surface area contributed by atoms with Crippen LogP contribution in [0.4, 0.5) is 5.69 Å². The number of aryl methyl sites for hydroxylation is 3.